The first-order valence-electron chi connectivity index (χ1n) is 11.4. The molecular formula is C26H25F2N3O3S2. The number of carbonyl (C=O) groups is 3. The molecule has 6 nitrogen and oxygen atoms in total. The van der Waals surface area contributed by atoms with E-state index >= 15 is 0 Å². The Morgan fingerprint density at radius 1 is 1.14 bits per heavy atom. The van der Waals surface area contributed by atoms with E-state index in [9.17, 15) is 23.2 Å². The Morgan fingerprint density at radius 3 is 2.50 bits per heavy atom. The average molecular weight is 530 g/mol. The van der Waals surface area contributed by atoms with Crippen molar-refractivity contribution in [1.29, 1.82) is 0 Å². The van der Waals surface area contributed by atoms with Gasteiger partial charge in [-0.2, -0.15) is 0 Å². The van der Waals surface area contributed by atoms with E-state index in [1.54, 1.807) is 12.1 Å². The minimum absolute atomic E-state index is 0.0480. The largest absolute Gasteiger partial charge is 0.323 e. The van der Waals surface area contributed by atoms with Crippen LogP contribution in [0.1, 0.15) is 35.1 Å². The number of thiophene rings is 1. The van der Waals surface area contributed by atoms with Gasteiger partial charge in [0, 0.05) is 15.8 Å². The zero-order chi connectivity index (χ0) is 26.0. The van der Waals surface area contributed by atoms with E-state index in [1.165, 1.54) is 30.0 Å². The van der Waals surface area contributed by atoms with Gasteiger partial charge in [0.15, 0.2) is 0 Å². The number of rotatable bonds is 6. The predicted octanol–water partition coefficient (Wildman–Crippen LogP) is 4.69. The molecule has 0 saturated heterocycles. The lowest BCUT2D eigenvalue weighted by molar-refractivity contribution is -0.151. The van der Waals surface area contributed by atoms with Gasteiger partial charge in [0.1, 0.15) is 17.7 Å². The Hall–Kier alpha value is -3.08. The second-order valence-electron chi connectivity index (χ2n) is 8.48. The van der Waals surface area contributed by atoms with Gasteiger partial charge in [0.25, 0.3) is 0 Å². The van der Waals surface area contributed by atoms with Gasteiger partial charge < -0.3 is 11.1 Å². The van der Waals surface area contributed by atoms with Crippen LogP contribution in [0.3, 0.4) is 0 Å². The maximum atomic E-state index is 13.8. The second-order valence-corrected chi connectivity index (χ2v) is 10.6. The number of nitrogens with one attached hydrogen (secondary N) is 1. The number of nitrogens with zero attached hydrogens (tertiary/aromatic N) is 1. The standard InChI is InChI=1S/C26H25F2N3O3S2/c1-3-16-8-9-35-23(16)24-22(25(33)30-19-6-4-5-7-20(19)36-24)31(26(34)14(2)29)21(32)12-15-10-17(27)13-18(28)11-15/h4-11,13-14,22,24H,3,12,29H2,1-2H3,(H,30,33)/t14-,22-,24-/m0/s1. The summed E-state index contributed by atoms with van der Waals surface area (Å²) >= 11 is 2.83. The van der Waals surface area contributed by atoms with Crippen molar-refractivity contribution in [3.63, 3.8) is 0 Å². The molecule has 1 aliphatic rings. The first kappa shape index (κ1) is 26.0. The van der Waals surface area contributed by atoms with Crippen molar-refractivity contribution < 1.29 is 23.2 Å². The van der Waals surface area contributed by atoms with E-state index in [2.05, 4.69) is 5.32 Å². The number of thioether (sulfide) groups is 1. The molecule has 0 radical (unpaired) electrons. The van der Waals surface area contributed by atoms with Crippen molar-refractivity contribution in [3.8, 4) is 0 Å². The molecule has 0 aliphatic carbocycles. The molecule has 0 bridgehead atoms. The predicted molar refractivity (Wildman–Crippen MR) is 137 cm³/mol. The van der Waals surface area contributed by atoms with E-state index < -0.39 is 53.1 Å². The molecule has 3 amide bonds. The van der Waals surface area contributed by atoms with Crippen molar-refractivity contribution >= 4 is 46.5 Å². The van der Waals surface area contributed by atoms with Gasteiger partial charge in [0.2, 0.25) is 17.7 Å². The van der Waals surface area contributed by atoms with Crippen LogP contribution < -0.4 is 11.1 Å². The van der Waals surface area contributed by atoms with E-state index in [0.717, 1.165) is 32.4 Å². The highest BCUT2D eigenvalue weighted by atomic mass is 32.2. The average Bonchev–Trinajstić information content (AvgIpc) is 3.24. The number of carbonyl (C=O) groups excluding carboxylic acids is 3. The Labute approximate surface area is 215 Å². The normalized spacial score (nSPS) is 18.1. The van der Waals surface area contributed by atoms with Gasteiger partial charge in [0.05, 0.1) is 23.4 Å². The summed E-state index contributed by atoms with van der Waals surface area (Å²) in [4.78, 5) is 43.2. The van der Waals surface area contributed by atoms with Crippen LogP contribution in [0.4, 0.5) is 14.5 Å². The third-order valence-corrected chi connectivity index (χ3v) is 8.37. The molecule has 0 unspecified atom stereocenters. The van der Waals surface area contributed by atoms with Gasteiger partial charge in [-0.25, -0.2) is 8.78 Å². The minimum Gasteiger partial charge on any atom is -0.323 e. The number of anilines is 1. The smallest absolute Gasteiger partial charge is 0.249 e. The van der Waals surface area contributed by atoms with E-state index in [-0.39, 0.29) is 5.56 Å². The molecule has 0 saturated carbocycles. The lowest BCUT2D eigenvalue weighted by Gasteiger charge is -2.34. The van der Waals surface area contributed by atoms with Crippen LogP contribution in [0.2, 0.25) is 0 Å². The minimum atomic E-state index is -1.24. The number of imide groups is 1. The zero-order valence-corrected chi connectivity index (χ0v) is 21.3. The molecule has 1 aliphatic heterocycles. The van der Waals surface area contributed by atoms with E-state index in [1.807, 2.05) is 30.5 Å². The molecule has 1 aromatic heterocycles. The van der Waals surface area contributed by atoms with Crippen LogP contribution in [0.15, 0.2) is 58.8 Å². The lowest BCUT2D eigenvalue weighted by atomic mass is 10.0. The molecule has 0 fully saturated rings. The molecule has 36 heavy (non-hydrogen) atoms. The molecule has 3 atom stereocenters. The Bertz CT molecular complexity index is 1290. The van der Waals surface area contributed by atoms with Crippen LogP contribution in [0.5, 0.6) is 0 Å². The SMILES string of the molecule is CCc1ccsc1[C@H]1Sc2ccccc2NC(=O)[C@H]1N(C(=O)Cc1cc(F)cc(F)c1)C(=O)[C@H](C)N. The van der Waals surface area contributed by atoms with E-state index in [0.29, 0.717) is 18.2 Å². The number of benzene rings is 2. The van der Waals surface area contributed by atoms with Crippen molar-refractivity contribution in [2.24, 2.45) is 5.73 Å². The highest BCUT2D eigenvalue weighted by Gasteiger charge is 2.45. The summed E-state index contributed by atoms with van der Waals surface area (Å²) in [5.41, 5.74) is 7.53. The molecule has 10 heteroatoms. The van der Waals surface area contributed by atoms with Gasteiger partial charge in [-0.15, -0.1) is 23.1 Å². The van der Waals surface area contributed by atoms with Crippen LogP contribution in [-0.4, -0.2) is 34.7 Å². The van der Waals surface area contributed by atoms with Crippen molar-refractivity contribution in [1.82, 2.24) is 4.90 Å². The highest BCUT2D eigenvalue weighted by molar-refractivity contribution is 8.00. The number of hydrogen-bond acceptors (Lipinski definition) is 6. The van der Waals surface area contributed by atoms with Gasteiger partial charge in [-0.05, 0) is 60.2 Å². The molecule has 2 heterocycles. The maximum absolute atomic E-state index is 13.8. The zero-order valence-electron chi connectivity index (χ0n) is 19.7. The van der Waals surface area contributed by atoms with E-state index in [4.69, 9.17) is 5.73 Å². The first-order chi connectivity index (χ1) is 17.2. The summed E-state index contributed by atoms with van der Waals surface area (Å²) in [5.74, 6) is -3.74. The number of halogens is 2. The second kappa shape index (κ2) is 10.9. The Balaban J connectivity index is 1.83. The van der Waals surface area contributed by atoms with Crippen LogP contribution in [0, 0.1) is 11.6 Å². The Kier molecular flexibility index (Phi) is 7.87. The lowest BCUT2D eigenvalue weighted by Crippen LogP contribution is -2.56. The van der Waals surface area contributed by atoms with Crippen molar-refractivity contribution in [2.75, 3.05) is 5.32 Å². The number of fused-ring (bicyclic) bond motifs is 1. The molecule has 2 aromatic carbocycles. The van der Waals surface area contributed by atoms with Crippen molar-refractivity contribution in [2.45, 2.75) is 48.9 Å². The van der Waals surface area contributed by atoms with Gasteiger partial charge >= 0.3 is 0 Å². The number of aryl methyl sites for hydroxylation is 1. The summed E-state index contributed by atoms with van der Waals surface area (Å²) in [6.07, 6.45) is 0.218. The molecule has 3 N–H and O–H groups in total. The summed E-state index contributed by atoms with van der Waals surface area (Å²) in [6, 6.07) is 9.63. The molecule has 0 spiro atoms. The third kappa shape index (κ3) is 5.35. The summed E-state index contributed by atoms with van der Waals surface area (Å²) in [5, 5.41) is 4.15. The number of hydrogen-bond donors (Lipinski definition) is 2. The number of nitrogens with two attached hydrogens (primary N) is 1. The number of para-hydroxylation sites is 1. The van der Waals surface area contributed by atoms with Crippen LogP contribution >= 0.6 is 23.1 Å². The Morgan fingerprint density at radius 2 is 1.83 bits per heavy atom. The fraction of sp³-hybridized carbons (Fsp3) is 0.269. The quantitative estimate of drug-likeness (QED) is 0.484. The third-order valence-electron chi connectivity index (χ3n) is 5.83. The summed E-state index contributed by atoms with van der Waals surface area (Å²) < 4.78 is 27.6. The van der Waals surface area contributed by atoms with Crippen LogP contribution in [0.25, 0.3) is 0 Å². The summed E-state index contributed by atoms with van der Waals surface area (Å²) in [6.45, 7) is 3.42. The fourth-order valence-corrected chi connectivity index (χ4v) is 6.79. The van der Waals surface area contributed by atoms with Gasteiger partial charge in [-0.1, -0.05) is 19.1 Å². The monoisotopic (exact) mass is 529 g/mol. The first-order valence-corrected chi connectivity index (χ1v) is 13.1. The molecule has 188 valence electrons. The maximum Gasteiger partial charge on any atom is 0.249 e. The fourth-order valence-electron chi connectivity index (χ4n) is 4.16. The number of amides is 3. The van der Waals surface area contributed by atoms with Crippen LogP contribution in [-0.2, 0) is 27.2 Å². The topological polar surface area (TPSA) is 92.5 Å². The van der Waals surface area contributed by atoms with Gasteiger partial charge in [-0.3, -0.25) is 19.3 Å². The molecule has 4 rings (SSSR count). The molecular weight excluding hydrogens is 504 g/mol. The van der Waals surface area contributed by atoms with Crippen molar-refractivity contribution in [3.05, 3.63) is 81.5 Å². The summed E-state index contributed by atoms with van der Waals surface area (Å²) in [7, 11) is 0. The highest BCUT2D eigenvalue weighted by Crippen LogP contribution is 2.48. The molecule has 3 aromatic rings.